The lowest BCUT2D eigenvalue weighted by atomic mass is 10.2. The van der Waals surface area contributed by atoms with E-state index < -0.39 is 22.0 Å². The Hall–Kier alpha value is -3.20. The summed E-state index contributed by atoms with van der Waals surface area (Å²) in [5, 5.41) is 2.74. The molecule has 1 N–H and O–H groups in total. The first-order chi connectivity index (χ1) is 14.3. The number of carbonyl (C=O) groups is 1. The van der Waals surface area contributed by atoms with Gasteiger partial charge in [0, 0.05) is 17.8 Å². The van der Waals surface area contributed by atoms with Crippen molar-refractivity contribution in [2.75, 3.05) is 35.7 Å². The molecule has 0 aliphatic carbocycles. The molecule has 1 atom stereocenters. The molecule has 0 saturated carbocycles. The highest BCUT2D eigenvalue weighted by Gasteiger charge is 2.30. The molecule has 1 amide bonds. The van der Waals surface area contributed by atoms with Crippen molar-refractivity contribution in [2.24, 2.45) is 0 Å². The molecule has 3 rings (SSSR count). The van der Waals surface area contributed by atoms with Crippen molar-refractivity contribution in [3.8, 4) is 17.2 Å². The molecule has 0 fully saturated rings. The second kappa shape index (κ2) is 9.08. The fourth-order valence-electron chi connectivity index (χ4n) is 3.04. The summed E-state index contributed by atoms with van der Waals surface area (Å²) in [6.45, 7) is 6.24. The third kappa shape index (κ3) is 5.04. The SMILES string of the molecule is C=CCOc1cccc(NC(=O)[C@H](C)N(c2ccc3c(c2)OCCO3)S(C)(=O)=O)c1. The number of carbonyl (C=O) groups excluding carboxylic acids is 1. The zero-order chi connectivity index (χ0) is 21.7. The van der Waals surface area contributed by atoms with Crippen molar-refractivity contribution in [2.45, 2.75) is 13.0 Å². The predicted octanol–water partition coefficient (Wildman–Crippen LogP) is 2.82. The van der Waals surface area contributed by atoms with Gasteiger partial charge in [-0.15, -0.1) is 0 Å². The Labute approximate surface area is 176 Å². The summed E-state index contributed by atoms with van der Waals surface area (Å²) in [6.07, 6.45) is 2.67. The average Bonchev–Trinajstić information content (AvgIpc) is 2.71. The molecule has 9 heteroatoms. The van der Waals surface area contributed by atoms with Crippen molar-refractivity contribution in [3.05, 3.63) is 55.1 Å². The summed E-state index contributed by atoms with van der Waals surface area (Å²) in [7, 11) is -3.76. The minimum absolute atomic E-state index is 0.312. The minimum Gasteiger partial charge on any atom is -0.489 e. The van der Waals surface area contributed by atoms with E-state index in [9.17, 15) is 13.2 Å². The Kier molecular flexibility index (Phi) is 6.51. The van der Waals surface area contributed by atoms with Crippen LogP contribution in [0.3, 0.4) is 0 Å². The summed E-state index contributed by atoms with van der Waals surface area (Å²) in [5.74, 6) is 1.04. The van der Waals surface area contributed by atoms with E-state index >= 15 is 0 Å². The number of fused-ring (bicyclic) bond motifs is 1. The fraction of sp³-hybridized carbons (Fsp3) is 0.286. The number of hydrogen-bond donors (Lipinski definition) is 1. The van der Waals surface area contributed by atoms with E-state index in [4.69, 9.17) is 14.2 Å². The minimum atomic E-state index is -3.76. The molecule has 0 saturated heterocycles. The highest BCUT2D eigenvalue weighted by molar-refractivity contribution is 7.92. The monoisotopic (exact) mass is 432 g/mol. The number of hydrogen-bond acceptors (Lipinski definition) is 6. The van der Waals surface area contributed by atoms with Crippen LogP contribution in [0.15, 0.2) is 55.1 Å². The summed E-state index contributed by atoms with van der Waals surface area (Å²) in [6, 6.07) is 10.6. The Balaban J connectivity index is 1.83. The first-order valence-corrected chi connectivity index (χ1v) is 11.2. The van der Waals surface area contributed by atoms with Gasteiger partial charge in [-0.1, -0.05) is 18.7 Å². The van der Waals surface area contributed by atoms with E-state index in [-0.39, 0.29) is 0 Å². The molecule has 2 aromatic rings. The van der Waals surface area contributed by atoms with Crippen molar-refractivity contribution >= 4 is 27.3 Å². The number of nitrogens with one attached hydrogen (secondary N) is 1. The normalized spacial score (nSPS) is 13.8. The van der Waals surface area contributed by atoms with Gasteiger partial charge >= 0.3 is 0 Å². The van der Waals surface area contributed by atoms with E-state index in [1.165, 1.54) is 6.92 Å². The van der Waals surface area contributed by atoms with Gasteiger partial charge in [-0.25, -0.2) is 8.42 Å². The van der Waals surface area contributed by atoms with Crippen LogP contribution >= 0.6 is 0 Å². The van der Waals surface area contributed by atoms with Crippen LogP contribution in [-0.2, 0) is 14.8 Å². The summed E-state index contributed by atoms with van der Waals surface area (Å²) >= 11 is 0. The molecular formula is C21H24N2O6S. The van der Waals surface area contributed by atoms with Crippen LogP contribution in [0.1, 0.15) is 6.92 Å². The van der Waals surface area contributed by atoms with Crippen LogP contribution in [0.25, 0.3) is 0 Å². The van der Waals surface area contributed by atoms with Crippen LogP contribution in [0.5, 0.6) is 17.2 Å². The molecule has 0 radical (unpaired) electrons. The summed E-state index contributed by atoms with van der Waals surface area (Å²) in [4.78, 5) is 12.9. The smallest absolute Gasteiger partial charge is 0.247 e. The molecule has 1 aliphatic heterocycles. The highest BCUT2D eigenvalue weighted by Crippen LogP contribution is 2.35. The molecule has 0 aromatic heterocycles. The van der Waals surface area contributed by atoms with Gasteiger partial charge in [0.15, 0.2) is 11.5 Å². The van der Waals surface area contributed by atoms with Gasteiger partial charge in [0.1, 0.15) is 31.6 Å². The molecule has 8 nitrogen and oxygen atoms in total. The maximum absolute atomic E-state index is 12.9. The molecule has 1 heterocycles. The molecule has 1 aliphatic rings. The fourth-order valence-corrected chi connectivity index (χ4v) is 4.21. The van der Waals surface area contributed by atoms with Crippen molar-refractivity contribution in [3.63, 3.8) is 0 Å². The number of ether oxygens (including phenoxy) is 3. The number of amides is 1. The van der Waals surface area contributed by atoms with E-state index in [2.05, 4.69) is 11.9 Å². The summed E-state index contributed by atoms with van der Waals surface area (Å²) < 4.78 is 42.6. The van der Waals surface area contributed by atoms with Crippen molar-refractivity contribution in [1.29, 1.82) is 0 Å². The highest BCUT2D eigenvalue weighted by atomic mass is 32.2. The zero-order valence-electron chi connectivity index (χ0n) is 16.8. The van der Waals surface area contributed by atoms with Crippen LogP contribution in [0.2, 0.25) is 0 Å². The molecular weight excluding hydrogens is 408 g/mol. The van der Waals surface area contributed by atoms with Crippen LogP contribution in [-0.4, -0.2) is 46.4 Å². The van der Waals surface area contributed by atoms with Gasteiger partial charge in [-0.2, -0.15) is 0 Å². The lowest BCUT2D eigenvalue weighted by Gasteiger charge is -2.29. The maximum atomic E-state index is 12.9. The van der Waals surface area contributed by atoms with Gasteiger partial charge < -0.3 is 19.5 Å². The average molecular weight is 432 g/mol. The zero-order valence-corrected chi connectivity index (χ0v) is 17.6. The number of anilines is 2. The molecule has 0 spiro atoms. The Bertz CT molecular complexity index is 1040. The van der Waals surface area contributed by atoms with Gasteiger partial charge in [0.25, 0.3) is 0 Å². The van der Waals surface area contributed by atoms with E-state index in [1.54, 1.807) is 48.5 Å². The molecule has 160 valence electrons. The summed E-state index contributed by atoms with van der Waals surface area (Å²) in [5.41, 5.74) is 0.802. The number of benzene rings is 2. The Morgan fingerprint density at radius 1 is 1.23 bits per heavy atom. The lowest BCUT2D eigenvalue weighted by molar-refractivity contribution is -0.116. The standard InChI is InChI=1S/C21H24N2O6S/c1-4-10-27-18-7-5-6-16(13-18)22-21(24)15(2)23(30(3,25)26)17-8-9-19-20(14-17)29-12-11-28-19/h4-9,13-15H,1,10-12H2,2-3H3,(H,22,24)/t15-/m0/s1. The van der Waals surface area contributed by atoms with Crippen LogP contribution < -0.4 is 23.8 Å². The second-order valence-electron chi connectivity index (χ2n) is 6.68. The third-order valence-electron chi connectivity index (χ3n) is 4.34. The van der Waals surface area contributed by atoms with Crippen molar-refractivity contribution in [1.82, 2.24) is 0 Å². The Morgan fingerprint density at radius 2 is 1.97 bits per heavy atom. The van der Waals surface area contributed by atoms with Gasteiger partial charge in [-0.3, -0.25) is 9.10 Å². The Morgan fingerprint density at radius 3 is 2.67 bits per heavy atom. The number of nitrogens with zero attached hydrogens (tertiary/aromatic N) is 1. The quantitative estimate of drug-likeness (QED) is 0.645. The van der Waals surface area contributed by atoms with Gasteiger partial charge in [-0.05, 0) is 31.2 Å². The first kappa shape index (κ1) is 21.5. The molecule has 0 bridgehead atoms. The first-order valence-electron chi connectivity index (χ1n) is 9.33. The number of rotatable bonds is 8. The van der Waals surface area contributed by atoms with Crippen molar-refractivity contribution < 1.29 is 27.4 Å². The second-order valence-corrected chi connectivity index (χ2v) is 8.54. The van der Waals surface area contributed by atoms with E-state index in [0.29, 0.717) is 48.4 Å². The van der Waals surface area contributed by atoms with Crippen LogP contribution in [0, 0.1) is 0 Å². The third-order valence-corrected chi connectivity index (χ3v) is 5.58. The van der Waals surface area contributed by atoms with E-state index in [0.717, 1.165) is 10.6 Å². The van der Waals surface area contributed by atoms with Gasteiger partial charge in [0.05, 0.1) is 11.9 Å². The number of sulfonamides is 1. The maximum Gasteiger partial charge on any atom is 0.247 e. The lowest BCUT2D eigenvalue weighted by Crippen LogP contribution is -2.45. The topological polar surface area (TPSA) is 94.2 Å². The van der Waals surface area contributed by atoms with E-state index in [1.807, 2.05) is 0 Å². The predicted molar refractivity (Wildman–Crippen MR) is 115 cm³/mol. The largest absolute Gasteiger partial charge is 0.489 e. The molecule has 0 unspecified atom stereocenters. The molecule has 2 aromatic carbocycles. The van der Waals surface area contributed by atoms with Gasteiger partial charge in [0.2, 0.25) is 15.9 Å². The molecule has 30 heavy (non-hydrogen) atoms. The van der Waals surface area contributed by atoms with Crippen LogP contribution in [0.4, 0.5) is 11.4 Å².